The second-order valence-electron chi connectivity index (χ2n) is 6.97. The fourth-order valence-electron chi connectivity index (χ4n) is 2.91. The average molecular weight is 539 g/mol. The smallest absolute Gasteiger partial charge is 0.343 e. The lowest BCUT2D eigenvalue weighted by Crippen LogP contribution is -2.19. The zero-order valence-corrected chi connectivity index (χ0v) is 20.7. The first kappa shape index (κ1) is 25.5. The summed E-state index contributed by atoms with van der Waals surface area (Å²) in [6.07, 6.45) is 3.03. The van der Waals surface area contributed by atoms with Crippen LogP contribution in [0.3, 0.4) is 0 Å². The number of amides is 1. The highest BCUT2D eigenvalue weighted by molar-refractivity contribution is 9.10. The van der Waals surface area contributed by atoms with Gasteiger partial charge in [-0.1, -0.05) is 28.6 Å². The van der Waals surface area contributed by atoms with E-state index in [2.05, 4.69) is 33.0 Å². The highest BCUT2D eigenvalue weighted by Gasteiger charge is 2.14. The van der Waals surface area contributed by atoms with Crippen LogP contribution in [-0.2, 0) is 0 Å². The van der Waals surface area contributed by atoms with E-state index in [-0.39, 0.29) is 12.4 Å². The number of ether oxygens (including phenoxy) is 4. The summed E-state index contributed by atoms with van der Waals surface area (Å²) in [6, 6.07) is 16.5. The van der Waals surface area contributed by atoms with Crippen LogP contribution in [-0.4, -0.2) is 38.9 Å². The molecule has 0 heterocycles. The first-order chi connectivity index (χ1) is 16.9. The number of halogens is 1. The first-order valence-corrected chi connectivity index (χ1v) is 11.2. The maximum atomic E-state index is 12.6. The molecule has 3 rings (SSSR count). The second-order valence-corrected chi connectivity index (χ2v) is 7.88. The summed E-state index contributed by atoms with van der Waals surface area (Å²) in [4.78, 5) is 25.1. The van der Waals surface area contributed by atoms with Crippen molar-refractivity contribution in [3.8, 4) is 23.0 Å². The number of nitrogens with zero attached hydrogens (tertiary/aromatic N) is 1. The Labute approximate surface area is 211 Å². The van der Waals surface area contributed by atoms with Gasteiger partial charge in [-0.25, -0.2) is 10.2 Å². The van der Waals surface area contributed by atoms with Crippen molar-refractivity contribution in [1.29, 1.82) is 0 Å². The molecule has 0 aromatic heterocycles. The Bertz CT molecular complexity index is 1240. The Balaban J connectivity index is 1.68. The Morgan fingerprint density at radius 1 is 0.971 bits per heavy atom. The second kappa shape index (κ2) is 12.4. The van der Waals surface area contributed by atoms with Crippen molar-refractivity contribution in [3.63, 3.8) is 0 Å². The standard InChI is InChI=1S/C26H23BrN2O6/c1-4-13-34-22-12-8-19(27)15-21(22)25(30)29-28-16-17-5-11-23(24(14-17)33-3)35-26(31)18-6-9-20(32-2)10-7-18/h4-12,14-16H,1,13H2,2-3H3,(H,29,30)/b28-16+. The minimum absolute atomic E-state index is 0.243. The molecule has 35 heavy (non-hydrogen) atoms. The zero-order chi connectivity index (χ0) is 25.2. The van der Waals surface area contributed by atoms with Crippen LogP contribution < -0.4 is 24.4 Å². The molecule has 3 aromatic rings. The summed E-state index contributed by atoms with van der Waals surface area (Å²) >= 11 is 3.35. The maximum Gasteiger partial charge on any atom is 0.343 e. The van der Waals surface area contributed by atoms with Gasteiger partial charge in [-0.05, 0) is 66.2 Å². The molecule has 180 valence electrons. The average Bonchev–Trinajstić information content (AvgIpc) is 2.88. The van der Waals surface area contributed by atoms with Crippen LogP contribution in [0.1, 0.15) is 26.3 Å². The van der Waals surface area contributed by atoms with Crippen LogP contribution >= 0.6 is 15.9 Å². The Morgan fingerprint density at radius 3 is 2.40 bits per heavy atom. The van der Waals surface area contributed by atoms with Gasteiger partial charge in [-0.2, -0.15) is 5.10 Å². The molecule has 0 spiro atoms. The Kier molecular flexibility index (Phi) is 9.02. The van der Waals surface area contributed by atoms with E-state index >= 15 is 0 Å². The number of esters is 1. The normalized spacial score (nSPS) is 10.5. The molecule has 0 radical (unpaired) electrons. The van der Waals surface area contributed by atoms with Gasteiger partial charge in [0.05, 0.1) is 31.6 Å². The SMILES string of the molecule is C=CCOc1ccc(Br)cc1C(=O)N/N=C/c1ccc(OC(=O)c2ccc(OC)cc2)c(OC)c1. The first-order valence-electron chi connectivity index (χ1n) is 10.4. The largest absolute Gasteiger partial charge is 0.497 e. The lowest BCUT2D eigenvalue weighted by molar-refractivity contribution is 0.0729. The Morgan fingerprint density at radius 2 is 1.71 bits per heavy atom. The molecular weight excluding hydrogens is 516 g/mol. The number of hydrogen-bond acceptors (Lipinski definition) is 7. The lowest BCUT2D eigenvalue weighted by Gasteiger charge is -2.10. The van der Waals surface area contributed by atoms with Gasteiger partial charge in [-0.15, -0.1) is 0 Å². The van der Waals surface area contributed by atoms with Crippen molar-refractivity contribution < 1.29 is 28.5 Å². The van der Waals surface area contributed by atoms with E-state index in [9.17, 15) is 9.59 Å². The van der Waals surface area contributed by atoms with E-state index < -0.39 is 11.9 Å². The van der Waals surface area contributed by atoms with E-state index in [1.54, 1.807) is 73.8 Å². The van der Waals surface area contributed by atoms with Gasteiger partial charge in [0.25, 0.3) is 5.91 Å². The third kappa shape index (κ3) is 6.94. The molecule has 0 aliphatic heterocycles. The van der Waals surface area contributed by atoms with Crippen molar-refractivity contribution in [2.75, 3.05) is 20.8 Å². The van der Waals surface area contributed by atoms with Crippen LogP contribution in [0.4, 0.5) is 0 Å². The van der Waals surface area contributed by atoms with Crippen molar-refractivity contribution in [2.45, 2.75) is 0 Å². The summed E-state index contributed by atoms with van der Waals surface area (Å²) in [5, 5.41) is 4.01. The summed E-state index contributed by atoms with van der Waals surface area (Å²) in [5.41, 5.74) is 3.77. The van der Waals surface area contributed by atoms with Gasteiger partial charge >= 0.3 is 5.97 Å². The summed E-state index contributed by atoms with van der Waals surface area (Å²) in [7, 11) is 3.01. The predicted octanol–water partition coefficient (Wildman–Crippen LogP) is 5.01. The van der Waals surface area contributed by atoms with Crippen LogP contribution in [0.25, 0.3) is 0 Å². The minimum Gasteiger partial charge on any atom is -0.497 e. The number of nitrogens with one attached hydrogen (secondary N) is 1. The number of methoxy groups -OCH3 is 2. The molecule has 8 nitrogen and oxygen atoms in total. The van der Waals surface area contributed by atoms with Crippen LogP contribution in [0, 0.1) is 0 Å². The third-order valence-corrected chi connectivity index (χ3v) is 5.13. The van der Waals surface area contributed by atoms with E-state index in [1.807, 2.05) is 0 Å². The van der Waals surface area contributed by atoms with Gasteiger partial charge in [0, 0.05) is 4.47 Å². The highest BCUT2D eigenvalue weighted by atomic mass is 79.9. The Hall–Kier alpha value is -4.11. The number of rotatable bonds is 10. The molecule has 0 fully saturated rings. The molecule has 0 saturated carbocycles. The van der Waals surface area contributed by atoms with E-state index in [4.69, 9.17) is 18.9 Å². The van der Waals surface area contributed by atoms with Gasteiger partial charge in [-0.3, -0.25) is 4.79 Å². The molecule has 0 unspecified atom stereocenters. The number of hydrazone groups is 1. The summed E-state index contributed by atoms with van der Waals surface area (Å²) in [5.74, 6) is 0.629. The van der Waals surface area contributed by atoms with Gasteiger partial charge < -0.3 is 18.9 Å². The molecule has 1 N–H and O–H groups in total. The van der Waals surface area contributed by atoms with Crippen molar-refractivity contribution >= 4 is 34.0 Å². The van der Waals surface area contributed by atoms with E-state index in [0.717, 1.165) is 4.47 Å². The van der Waals surface area contributed by atoms with Crippen LogP contribution in [0.15, 0.2) is 82.9 Å². The van der Waals surface area contributed by atoms with Crippen LogP contribution in [0.2, 0.25) is 0 Å². The number of benzene rings is 3. The lowest BCUT2D eigenvalue weighted by atomic mass is 10.2. The summed E-state index contributed by atoms with van der Waals surface area (Å²) in [6.45, 7) is 3.87. The highest BCUT2D eigenvalue weighted by Crippen LogP contribution is 2.29. The van der Waals surface area contributed by atoms with Crippen molar-refractivity contribution in [1.82, 2.24) is 5.43 Å². The molecule has 0 aliphatic carbocycles. The summed E-state index contributed by atoms with van der Waals surface area (Å²) < 4.78 is 22.2. The van der Waals surface area contributed by atoms with Gasteiger partial charge in [0.1, 0.15) is 18.1 Å². The predicted molar refractivity (Wildman–Crippen MR) is 136 cm³/mol. The molecule has 0 bridgehead atoms. The molecule has 1 amide bonds. The van der Waals surface area contributed by atoms with Crippen LogP contribution in [0.5, 0.6) is 23.0 Å². The number of hydrogen-bond donors (Lipinski definition) is 1. The topological polar surface area (TPSA) is 95.5 Å². The van der Waals surface area contributed by atoms with Crippen molar-refractivity contribution in [2.24, 2.45) is 5.10 Å². The fourth-order valence-corrected chi connectivity index (χ4v) is 3.28. The minimum atomic E-state index is -0.539. The molecular formula is C26H23BrN2O6. The molecule has 9 heteroatoms. The fraction of sp³-hybridized carbons (Fsp3) is 0.115. The quantitative estimate of drug-likeness (QED) is 0.128. The van der Waals surface area contributed by atoms with Gasteiger partial charge in [0.2, 0.25) is 0 Å². The number of carbonyl (C=O) groups excluding carboxylic acids is 2. The molecule has 0 aliphatic rings. The number of carbonyl (C=O) groups is 2. The van der Waals surface area contributed by atoms with Crippen molar-refractivity contribution in [3.05, 3.63) is 94.5 Å². The molecule has 0 atom stereocenters. The van der Waals surface area contributed by atoms with E-state index in [0.29, 0.717) is 33.9 Å². The maximum absolute atomic E-state index is 12.6. The molecule has 0 saturated heterocycles. The monoisotopic (exact) mass is 538 g/mol. The van der Waals surface area contributed by atoms with Gasteiger partial charge in [0.15, 0.2) is 11.5 Å². The zero-order valence-electron chi connectivity index (χ0n) is 19.1. The molecule has 3 aromatic carbocycles. The third-order valence-electron chi connectivity index (χ3n) is 4.64. The van der Waals surface area contributed by atoms with E-state index in [1.165, 1.54) is 13.3 Å².